The Morgan fingerprint density at radius 2 is 1.94 bits per heavy atom. The molecule has 2 rings (SSSR count). The van der Waals surface area contributed by atoms with Gasteiger partial charge in [-0.1, -0.05) is 23.2 Å². The molecule has 2 aromatic rings. The first-order valence-electron chi connectivity index (χ1n) is 4.89. The third-order valence-corrected chi connectivity index (χ3v) is 2.88. The van der Waals surface area contributed by atoms with E-state index in [2.05, 4.69) is 5.32 Å². The molecule has 0 fully saturated rings. The summed E-state index contributed by atoms with van der Waals surface area (Å²) in [6.45, 7) is 1.77. The molecule has 88 valence electrons. The van der Waals surface area contributed by atoms with E-state index in [4.69, 9.17) is 27.6 Å². The monoisotopic (exact) mass is 269 g/mol. The second-order valence-corrected chi connectivity index (χ2v) is 4.31. The van der Waals surface area contributed by atoms with E-state index in [0.29, 0.717) is 21.5 Å². The van der Waals surface area contributed by atoms with Crippen LogP contribution in [0.5, 0.6) is 0 Å². The van der Waals surface area contributed by atoms with Crippen LogP contribution >= 0.6 is 23.2 Å². The zero-order chi connectivity index (χ0) is 12.4. The molecule has 1 amide bonds. The molecular formula is C12H9Cl2NO2. The van der Waals surface area contributed by atoms with Crippen molar-refractivity contribution in [3.8, 4) is 0 Å². The van der Waals surface area contributed by atoms with Gasteiger partial charge in [0.15, 0.2) is 5.76 Å². The van der Waals surface area contributed by atoms with Crippen molar-refractivity contribution in [1.29, 1.82) is 0 Å². The minimum absolute atomic E-state index is 0.258. The number of benzene rings is 1. The molecule has 0 aliphatic heterocycles. The van der Waals surface area contributed by atoms with Gasteiger partial charge < -0.3 is 9.73 Å². The molecule has 0 unspecified atom stereocenters. The number of rotatable bonds is 2. The summed E-state index contributed by atoms with van der Waals surface area (Å²) in [4.78, 5) is 11.7. The second kappa shape index (κ2) is 4.82. The molecular weight excluding hydrogens is 261 g/mol. The number of halogens is 2. The van der Waals surface area contributed by atoms with E-state index in [0.717, 1.165) is 0 Å². The number of hydrogen-bond donors (Lipinski definition) is 1. The Labute approximate surface area is 108 Å². The molecule has 17 heavy (non-hydrogen) atoms. The molecule has 0 spiro atoms. The second-order valence-electron chi connectivity index (χ2n) is 3.49. The van der Waals surface area contributed by atoms with E-state index in [1.54, 1.807) is 37.3 Å². The van der Waals surface area contributed by atoms with Crippen LogP contribution in [0, 0.1) is 6.92 Å². The predicted molar refractivity (Wildman–Crippen MR) is 67.9 cm³/mol. The number of hydrogen-bond acceptors (Lipinski definition) is 2. The number of anilines is 1. The van der Waals surface area contributed by atoms with Crippen LogP contribution in [-0.2, 0) is 0 Å². The summed E-state index contributed by atoms with van der Waals surface area (Å²) in [5.74, 6) is 0.620. The first kappa shape index (κ1) is 12.0. The topological polar surface area (TPSA) is 42.2 Å². The Hall–Kier alpha value is -1.45. The standard InChI is InChI=1S/C12H9Cl2NO2/c1-7-2-5-11(17-7)12(16)15-8-3-4-9(13)10(14)6-8/h2-6H,1H3,(H,15,16). The highest BCUT2D eigenvalue weighted by Gasteiger charge is 2.10. The third-order valence-electron chi connectivity index (χ3n) is 2.14. The Balaban J connectivity index is 2.15. The van der Waals surface area contributed by atoms with Crippen LogP contribution in [0.2, 0.25) is 10.0 Å². The SMILES string of the molecule is Cc1ccc(C(=O)Nc2ccc(Cl)c(Cl)c2)o1. The van der Waals surface area contributed by atoms with Crippen LogP contribution < -0.4 is 5.32 Å². The van der Waals surface area contributed by atoms with Crippen LogP contribution in [0.1, 0.15) is 16.3 Å². The highest BCUT2D eigenvalue weighted by atomic mass is 35.5. The quantitative estimate of drug-likeness (QED) is 0.890. The van der Waals surface area contributed by atoms with E-state index < -0.39 is 0 Å². The van der Waals surface area contributed by atoms with E-state index in [1.165, 1.54) is 0 Å². The molecule has 0 saturated heterocycles. The lowest BCUT2D eigenvalue weighted by Crippen LogP contribution is -2.10. The van der Waals surface area contributed by atoms with E-state index in [9.17, 15) is 4.79 Å². The smallest absolute Gasteiger partial charge is 0.291 e. The van der Waals surface area contributed by atoms with Crippen LogP contribution in [0.4, 0.5) is 5.69 Å². The van der Waals surface area contributed by atoms with Crippen molar-refractivity contribution < 1.29 is 9.21 Å². The molecule has 1 heterocycles. The van der Waals surface area contributed by atoms with Crippen molar-refractivity contribution in [1.82, 2.24) is 0 Å². The molecule has 0 bridgehead atoms. The largest absolute Gasteiger partial charge is 0.456 e. The minimum Gasteiger partial charge on any atom is -0.456 e. The van der Waals surface area contributed by atoms with Gasteiger partial charge in [-0.2, -0.15) is 0 Å². The summed E-state index contributed by atoms with van der Waals surface area (Å²) >= 11 is 11.6. The first-order valence-corrected chi connectivity index (χ1v) is 5.64. The van der Waals surface area contributed by atoms with Gasteiger partial charge in [0.1, 0.15) is 5.76 Å². The zero-order valence-electron chi connectivity index (χ0n) is 8.96. The average molecular weight is 270 g/mol. The normalized spacial score (nSPS) is 10.3. The molecule has 5 heteroatoms. The third kappa shape index (κ3) is 2.81. The molecule has 0 aliphatic carbocycles. The number of carbonyl (C=O) groups excluding carboxylic acids is 1. The van der Waals surface area contributed by atoms with Gasteiger partial charge in [-0.05, 0) is 37.3 Å². The Morgan fingerprint density at radius 3 is 2.53 bits per heavy atom. The van der Waals surface area contributed by atoms with Crippen LogP contribution in [0.15, 0.2) is 34.7 Å². The summed E-state index contributed by atoms with van der Waals surface area (Å²) in [5.41, 5.74) is 0.568. The molecule has 1 aromatic carbocycles. The Morgan fingerprint density at radius 1 is 1.18 bits per heavy atom. The maximum absolute atomic E-state index is 11.7. The minimum atomic E-state index is -0.323. The van der Waals surface area contributed by atoms with Gasteiger partial charge in [0.05, 0.1) is 10.0 Å². The molecule has 0 radical (unpaired) electrons. The number of aryl methyl sites for hydroxylation is 1. The van der Waals surface area contributed by atoms with Crippen molar-refractivity contribution in [2.75, 3.05) is 5.32 Å². The molecule has 1 aromatic heterocycles. The lowest BCUT2D eigenvalue weighted by Gasteiger charge is -2.04. The zero-order valence-corrected chi connectivity index (χ0v) is 10.5. The van der Waals surface area contributed by atoms with E-state index in [-0.39, 0.29) is 11.7 Å². The lowest BCUT2D eigenvalue weighted by atomic mass is 10.3. The first-order chi connectivity index (χ1) is 8.06. The van der Waals surface area contributed by atoms with Crippen molar-refractivity contribution in [2.24, 2.45) is 0 Å². The Kier molecular flexibility index (Phi) is 3.41. The van der Waals surface area contributed by atoms with Gasteiger partial charge in [-0.25, -0.2) is 0 Å². The predicted octanol–water partition coefficient (Wildman–Crippen LogP) is 4.15. The summed E-state index contributed by atoms with van der Waals surface area (Å²) in [6.07, 6.45) is 0. The maximum atomic E-state index is 11.7. The van der Waals surface area contributed by atoms with Crippen LogP contribution in [0.25, 0.3) is 0 Å². The molecule has 0 atom stereocenters. The molecule has 3 nitrogen and oxygen atoms in total. The molecule has 0 aliphatic rings. The fourth-order valence-electron chi connectivity index (χ4n) is 1.32. The lowest BCUT2D eigenvalue weighted by molar-refractivity contribution is 0.0995. The summed E-state index contributed by atoms with van der Waals surface area (Å²) in [7, 11) is 0. The van der Waals surface area contributed by atoms with Crippen molar-refractivity contribution in [3.63, 3.8) is 0 Å². The van der Waals surface area contributed by atoms with Crippen LogP contribution in [-0.4, -0.2) is 5.91 Å². The van der Waals surface area contributed by atoms with Gasteiger partial charge in [-0.3, -0.25) is 4.79 Å². The highest BCUT2D eigenvalue weighted by molar-refractivity contribution is 6.42. The van der Waals surface area contributed by atoms with Gasteiger partial charge in [0, 0.05) is 5.69 Å². The van der Waals surface area contributed by atoms with E-state index in [1.807, 2.05) is 0 Å². The van der Waals surface area contributed by atoms with Gasteiger partial charge in [-0.15, -0.1) is 0 Å². The fraction of sp³-hybridized carbons (Fsp3) is 0.0833. The van der Waals surface area contributed by atoms with Crippen molar-refractivity contribution >= 4 is 34.8 Å². The fourth-order valence-corrected chi connectivity index (χ4v) is 1.62. The van der Waals surface area contributed by atoms with Gasteiger partial charge >= 0.3 is 0 Å². The average Bonchev–Trinajstić information content (AvgIpc) is 2.70. The summed E-state index contributed by atoms with van der Waals surface area (Å²) in [5, 5.41) is 3.50. The van der Waals surface area contributed by atoms with Crippen molar-refractivity contribution in [3.05, 3.63) is 51.9 Å². The Bertz CT molecular complexity index is 563. The number of furan rings is 1. The molecule has 1 N–H and O–H groups in total. The van der Waals surface area contributed by atoms with Gasteiger partial charge in [0.2, 0.25) is 0 Å². The number of amides is 1. The number of carbonyl (C=O) groups is 1. The maximum Gasteiger partial charge on any atom is 0.291 e. The van der Waals surface area contributed by atoms with Crippen LogP contribution in [0.3, 0.4) is 0 Å². The van der Waals surface area contributed by atoms with Gasteiger partial charge in [0.25, 0.3) is 5.91 Å². The van der Waals surface area contributed by atoms with Crippen molar-refractivity contribution in [2.45, 2.75) is 6.92 Å². The van der Waals surface area contributed by atoms with E-state index >= 15 is 0 Å². The number of nitrogens with one attached hydrogen (secondary N) is 1. The summed E-state index contributed by atoms with van der Waals surface area (Å²) < 4.78 is 5.20. The highest BCUT2D eigenvalue weighted by Crippen LogP contribution is 2.25. The summed E-state index contributed by atoms with van der Waals surface area (Å²) in [6, 6.07) is 8.21. The molecule has 0 saturated carbocycles.